The fourth-order valence-electron chi connectivity index (χ4n) is 3.73. The average molecular weight is 344 g/mol. The maximum Gasteiger partial charge on any atom is 0.227 e. The molecule has 0 aliphatic carbocycles. The summed E-state index contributed by atoms with van der Waals surface area (Å²) in [6, 6.07) is 8.08. The molecule has 0 N–H and O–H groups in total. The van der Waals surface area contributed by atoms with Crippen LogP contribution in [0.25, 0.3) is 0 Å². The summed E-state index contributed by atoms with van der Waals surface area (Å²) >= 11 is 0. The quantitative estimate of drug-likeness (QED) is 0.764. The molecule has 1 aromatic carbocycles. The summed E-state index contributed by atoms with van der Waals surface area (Å²) < 4.78 is 5.41. The SMILES string of the molecule is CCN(C[C@@H]1CCOC1)C(=O)CCCN1C(=O)CCc2ccccc21. The minimum atomic E-state index is 0.168. The molecule has 0 bridgehead atoms. The Bertz CT molecular complexity index is 611. The van der Waals surface area contributed by atoms with Crippen LogP contribution in [0.2, 0.25) is 0 Å². The van der Waals surface area contributed by atoms with Gasteiger partial charge in [0.15, 0.2) is 0 Å². The average Bonchev–Trinajstić information content (AvgIpc) is 3.14. The van der Waals surface area contributed by atoms with Crippen LogP contribution in [0.3, 0.4) is 0 Å². The van der Waals surface area contributed by atoms with Gasteiger partial charge in [-0.2, -0.15) is 0 Å². The van der Waals surface area contributed by atoms with Crippen LogP contribution in [0.4, 0.5) is 5.69 Å². The Balaban J connectivity index is 1.51. The summed E-state index contributed by atoms with van der Waals surface area (Å²) in [5.41, 5.74) is 2.24. The second-order valence-corrected chi connectivity index (χ2v) is 6.94. The molecule has 25 heavy (non-hydrogen) atoms. The highest BCUT2D eigenvalue weighted by Gasteiger charge is 2.24. The van der Waals surface area contributed by atoms with Crippen LogP contribution >= 0.6 is 0 Å². The van der Waals surface area contributed by atoms with Crippen molar-refractivity contribution in [1.29, 1.82) is 0 Å². The van der Waals surface area contributed by atoms with Gasteiger partial charge in [0, 0.05) is 50.7 Å². The highest BCUT2D eigenvalue weighted by Crippen LogP contribution is 2.27. The van der Waals surface area contributed by atoms with Gasteiger partial charge in [0.25, 0.3) is 0 Å². The number of anilines is 1. The fourth-order valence-corrected chi connectivity index (χ4v) is 3.73. The van der Waals surface area contributed by atoms with Crippen LogP contribution in [0.15, 0.2) is 24.3 Å². The van der Waals surface area contributed by atoms with Crippen LogP contribution in [0, 0.1) is 5.92 Å². The minimum absolute atomic E-state index is 0.168. The van der Waals surface area contributed by atoms with Crippen molar-refractivity contribution >= 4 is 17.5 Å². The highest BCUT2D eigenvalue weighted by atomic mass is 16.5. The number of rotatable bonds is 7. The van der Waals surface area contributed by atoms with E-state index in [9.17, 15) is 9.59 Å². The Hall–Kier alpha value is -1.88. The number of carbonyl (C=O) groups is 2. The smallest absolute Gasteiger partial charge is 0.227 e. The molecule has 5 heteroatoms. The van der Waals surface area contributed by atoms with Crippen LogP contribution in [-0.4, -0.2) is 49.6 Å². The zero-order chi connectivity index (χ0) is 17.6. The minimum Gasteiger partial charge on any atom is -0.381 e. The zero-order valence-electron chi connectivity index (χ0n) is 15.1. The number of hydrogen-bond acceptors (Lipinski definition) is 3. The molecule has 0 spiro atoms. The largest absolute Gasteiger partial charge is 0.381 e. The Morgan fingerprint density at radius 1 is 1.32 bits per heavy atom. The van der Waals surface area contributed by atoms with E-state index in [4.69, 9.17) is 4.74 Å². The van der Waals surface area contributed by atoms with E-state index in [1.54, 1.807) is 0 Å². The summed E-state index contributed by atoms with van der Waals surface area (Å²) in [6.07, 6.45) is 3.62. The molecule has 3 rings (SSSR count). The summed E-state index contributed by atoms with van der Waals surface area (Å²) in [4.78, 5) is 28.6. The van der Waals surface area contributed by atoms with Crippen molar-refractivity contribution in [1.82, 2.24) is 4.90 Å². The Kier molecular flexibility index (Phi) is 6.08. The summed E-state index contributed by atoms with van der Waals surface area (Å²) in [6.45, 7) is 5.75. The predicted octanol–water partition coefficient (Wildman–Crippen LogP) is 2.63. The standard InChI is InChI=1S/C20H28N2O3/c1-2-21(14-16-11-13-25-15-16)19(23)8-5-12-22-18-7-4-3-6-17(18)9-10-20(22)24/h3-4,6-7,16H,2,5,8-15H2,1H3/t16-/m0/s1. The number of ether oxygens (including phenoxy) is 1. The van der Waals surface area contributed by atoms with Crippen molar-refractivity contribution in [3.63, 3.8) is 0 Å². The molecule has 2 amide bonds. The molecule has 2 heterocycles. The number of carbonyl (C=O) groups excluding carboxylic acids is 2. The number of aryl methyl sites for hydroxylation is 1. The first-order chi connectivity index (χ1) is 12.2. The van der Waals surface area contributed by atoms with Crippen LogP contribution < -0.4 is 4.90 Å². The number of hydrogen-bond donors (Lipinski definition) is 0. The molecule has 2 aliphatic heterocycles. The maximum absolute atomic E-state index is 12.5. The molecule has 0 saturated carbocycles. The summed E-state index contributed by atoms with van der Waals surface area (Å²) in [5, 5.41) is 0. The van der Waals surface area contributed by atoms with E-state index >= 15 is 0 Å². The molecule has 1 atom stereocenters. The lowest BCUT2D eigenvalue weighted by molar-refractivity contribution is -0.131. The van der Waals surface area contributed by atoms with E-state index < -0.39 is 0 Å². The second-order valence-electron chi connectivity index (χ2n) is 6.94. The first kappa shape index (κ1) is 17.9. The van der Waals surface area contributed by atoms with Crippen LogP contribution in [0.5, 0.6) is 0 Å². The molecule has 0 radical (unpaired) electrons. The van der Waals surface area contributed by atoms with Gasteiger partial charge in [0.2, 0.25) is 11.8 Å². The Morgan fingerprint density at radius 2 is 2.16 bits per heavy atom. The zero-order valence-corrected chi connectivity index (χ0v) is 15.1. The van der Waals surface area contributed by atoms with Crippen LogP contribution in [0.1, 0.15) is 38.2 Å². The van der Waals surface area contributed by atoms with Crippen molar-refractivity contribution in [2.24, 2.45) is 5.92 Å². The van der Waals surface area contributed by atoms with Gasteiger partial charge in [-0.05, 0) is 37.8 Å². The molecule has 1 aromatic rings. The van der Waals surface area contributed by atoms with E-state index in [0.717, 1.165) is 44.8 Å². The predicted molar refractivity (Wildman–Crippen MR) is 97.5 cm³/mol. The molecular formula is C20H28N2O3. The first-order valence-electron chi connectivity index (χ1n) is 9.42. The van der Waals surface area contributed by atoms with Crippen molar-refractivity contribution in [3.8, 4) is 0 Å². The van der Waals surface area contributed by atoms with Gasteiger partial charge in [-0.15, -0.1) is 0 Å². The van der Waals surface area contributed by atoms with Gasteiger partial charge in [-0.3, -0.25) is 9.59 Å². The first-order valence-corrected chi connectivity index (χ1v) is 9.42. The molecule has 0 unspecified atom stereocenters. The van der Waals surface area contributed by atoms with Crippen molar-refractivity contribution in [2.75, 3.05) is 37.7 Å². The van der Waals surface area contributed by atoms with Gasteiger partial charge in [-0.25, -0.2) is 0 Å². The summed E-state index contributed by atoms with van der Waals surface area (Å²) in [7, 11) is 0. The van der Waals surface area contributed by atoms with Crippen LogP contribution in [-0.2, 0) is 20.7 Å². The van der Waals surface area contributed by atoms with Gasteiger partial charge < -0.3 is 14.5 Å². The normalized spacial score (nSPS) is 19.8. The second kappa shape index (κ2) is 8.48. The fraction of sp³-hybridized carbons (Fsp3) is 0.600. The third kappa shape index (κ3) is 4.40. The van der Waals surface area contributed by atoms with Gasteiger partial charge in [0.1, 0.15) is 0 Å². The van der Waals surface area contributed by atoms with Crippen molar-refractivity contribution < 1.29 is 14.3 Å². The third-order valence-electron chi connectivity index (χ3n) is 5.20. The Morgan fingerprint density at radius 3 is 2.92 bits per heavy atom. The lowest BCUT2D eigenvalue weighted by Crippen LogP contribution is -2.38. The highest BCUT2D eigenvalue weighted by molar-refractivity contribution is 5.96. The van der Waals surface area contributed by atoms with E-state index in [0.29, 0.717) is 31.7 Å². The molecular weight excluding hydrogens is 316 g/mol. The van der Waals surface area contributed by atoms with Crippen molar-refractivity contribution in [2.45, 2.75) is 39.0 Å². The van der Waals surface area contributed by atoms with E-state index in [1.807, 2.05) is 34.9 Å². The number of nitrogens with zero attached hydrogens (tertiary/aromatic N) is 2. The topological polar surface area (TPSA) is 49.9 Å². The van der Waals surface area contributed by atoms with Gasteiger partial charge >= 0.3 is 0 Å². The summed E-state index contributed by atoms with van der Waals surface area (Å²) in [5.74, 6) is 0.827. The molecule has 0 aromatic heterocycles. The molecule has 136 valence electrons. The van der Waals surface area contributed by atoms with Gasteiger partial charge in [-0.1, -0.05) is 18.2 Å². The number of benzene rings is 1. The van der Waals surface area contributed by atoms with E-state index in [1.165, 1.54) is 5.56 Å². The molecule has 1 fully saturated rings. The monoisotopic (exact) mass is 344 g/mol. The third-order valence-corrected chi connectivity index (χ3v) is 5.20. The number of amides is 2. The Labute approximate surface area is 149 Å². The van der Waals surface area contributed by atoms with E-state index in [2.05, 4.69) is 6.07 Å². The lowest BCUT2D eigenvalue weighted by Gasteiger charge is -2.30. The molecule has 2 aliphatic rings. The molecule has 5 nitrogen and oxygen atoms in total. The lowest BCUT2D eigenvalue weighted by atomic mass is 10.0. The number of para-hydroxylation sites is 1. The van der Waals surface area contributed by atoms with Gasteiger partial charge in [0.05, 0.1) is 6.61 Å². The molecule has 1 saturated heterocycles. The van der Waals surface area contributed by atoms with Crippen molar-refractivity contribution in [3.05, 3.63) is 29.8 Å². The maximum atomic E-state index is 12.5. The van der Waals surface area contributed by atoms with E-state index in [-0.39, 0.29) is 11.8 Å². The number of fused-ring (bicyclic) bond motifs is 1.